The lowest BCUT2D eigenvalue weighted by Crippen LogP contribution is -2.23. The van der Waals surface area contributed by atoms with Gasteiger partial charge in [0.2, 0.25) is 0 Å². The van der Waals surface area contributed by atoms with E-state index >= 15 is 0 Å². The largest absolute Gasteiger partial charge is 0.330 e. The van der Waals surface area contributed by atoms with E-state index < -0.39 is 29.2 Å². The maximum Gasteiger partial charge on any atom is 0.126 e. The third kappa shape index (κ3) is 35.4. The van der Waals surface area contributed by atoms with Gasteiger partial charge in [0.25, 0.3) is 0 Å². The molecule has 0 saturated heterocycles. The minimum atomic E-state index is -0.737. The van der Waals surface area contributed by atoms with E-state index in [2.05, 4.69) is 181 Å². The molecular weight excluding hydrogens is 1780 g/mol. The Bertz CT molecular complexity index is 5930. The predicted molar refractivity (Wildman–Crippen MR) is 548 cm³/mol. The summed E-state index contributed by atoms with van der Waals surface area (Å²) in [5.41, 5.74) is 27.0. The Morgan fingerprint density at radius 1 is 0.230 bits per heavy atom. The van der Waals surface area contributed by atoms with Crippen LogP contribution in [0.3, 0.4) is 0 Å². The van der Waals surface area contributed by atoms with Gasteiger partial charge in [-0.2, -0.15) is 11.3 Å². The molecule has 8 N–H and O–H groups in total. The maximum atomic E-state index is 13.8. The van der Waals surface area contributed by atoms with Gasteiger partial charge in [-0.3, -0.25) is 0 Å². The molecule has 139 heavy (non-hydrogen) atoms. The number of nitrogens with one attached hydrogen (secondary N) is 4. The lowest BCUT2D eigenvalue weighted by Gasteiger charge is -2.22. The van der Waals surface area contributed by atoms with Crippen LogP contribution < -0.4 is 32.7 Å². The van der Waals surface area contributed by atoms with Crippen LogP contribution in [0, 0.1) is 64.0 Å². The van der Waals surface area contributed by atoms with E-state index in [-0.39, 0.29) is 83.0 Å². The van der Waals surface area contributed by atoms with E-state index in [1.165, 1.54) is 106 Å². The molecule has 1 heterocycles. The second-order valence-electron chi connectivity index (χ2n) is 34.2. The standard InChI is InChI=1S/C24H25F2N.C24H27N.C23H23F2N.C22H21F2N.C15H13F4N.C13H14FNS/c1-2-24(18-8-4-3-5-9-18)27-15-14-23(19-10-6-12-21(25)16-19)20-11-7-13-22(26)17-20;1-2-24(22-16-10-5-11-17-22)25-19-18-23(20-12-6-3-7-13-20)21-14-8-4-9-15-21;1-17(18-7-3-2-4-8-18)26-14-13-23(19-9-5-11-21(24)15-19)20-10-6-12-22(25)16-20;23-20-10-4-8-18(14-20)22(19-9-5-11-21(24)15-19)12-13-25-16-17-6-2-1-3-7-17;16-11-3-9(4-12(17)7-11)15(1-2-20)10-5-13(18)8-14(19)6-10;14-12-3-1-2-10(8-12)13(4-6-15)11-5-7-16-9-11/h3-13,16-17,23-24,27H,2,14-15H2,1H3;3-17,23-25H,2,18-19H2,1H3;2-12,15-17,23,26H,13-14H2,1H3;1-11,14-15,22,25H,12-13,16H2;3-8,15H,1-2,20H2;1-3,5,7-9,13H,4,6,15H2. The van der Waals surface area contributed by atoms with Crippen molar-refractivity contribution in [2.75, 3.05) is 39.3 Å². The van der Waals surface area contributed by atoms with Crippen LogP contribution >= 0.6 is 11.3 Å². The van der Waals surface area contributed by atoms with Crippen molar-refractivity contribution in [3.63, 3.8) is 0 Å². The molecule has 0 bridgehead atoms. The first-order valence-corrected chi connectivity index (χ1v) is 48.5. The van der Waals surface area contributed by atoms with E-state index in [9.17, 15) is 48.3 Å². The van der Waals surface area contributed by atoms with E-state index in [1.54, 1.807) is 72.0 Å². The molecule has 4 unspecified atom stereocenters. The highest BCUT2D eigenvalue weighted by molar-refractivity contribution is 7.08. The molecule has 18 heteroatoms. The summed E-state index contributed by atoms with van der Waals surface area (Å²) in [6, 6.07) is 119. The normalized spacial score (nSPS) is 11.9. The summed E-state index contributed by atoms with van der Waals surface area (Å²) in [4.78, 5) is 0. The van der Waals surface area contributed by atoms with E-state index in [1.807, 2.05) is 102 Å². The molecule has 6 nitrogen and oxygen atoms in total. The second kappa shape index (κ2) is 58.0. The number of rotatable bonds is 38. The Kier molecular flexibility index (Phi) is 44.4. The minimum absolute atomic E-state index is 0.0466. The van der Waals surface area contributed by atoms with Gasteiger partial charge in [-0.25, -0.2) is 48.3 Å². The number of hydrogen-bond acceptors (Lipinski definition) is 7. The van der Waals surface area contributed by atoms with Gasteiger partial charge in [-0.15, -0.1) is 0 Å². The van der Waals surface area contributed by atoms with Gasteiger partial charge < -0.3 is 32.7 Å². The Hall–Kier alpha value is -13.0. The fraction of sp³-hybridized carbons (Fsp3) is 0.223. The molecule has 16 rings (SSSR count). The summed E-state index contributed by atoms with van der Waals surface area (Å²) in [5.74, 6) is -4.81. The SMILES string of the molecule is CC(NCCC(c1cccc(F)c1)c1cccc(F)c1)c1ccccc1.CCC(NCCC(c1cccc(F)c1)c1cccc(F)c1)c1ccccc1.CCC(NCCC(c1ccccc1)c1ccccc1)c1ccccc1.Fc1cccc(C(CCNCc2ccccc2)c2cccc(F)c2)c1.NCCC(c1cc(F)cc(F)c1)c1cc(F)cc(F)c1.NCCC(c1ccsc1)c1cccc(F)c1. The number of halogens is 11. The molecule has 0 radical (unpaired) electrons. The molecule has 720 valence electrons. The summed E-state index contributed by atoms with van der Waals surface area (Å²) in [7, 11) is 0. The second-order valence-corrected chi connectivity index (χ2v) is 35.0. The molecule has 16 aromatic rings. The smallest absolute Gasteiger partial charge is 0.126 e. The Morgan fingerprint density at radius 2 is 0.475 bits per heavy atom. The van der Waals surface area contributed by atoms with E-state index in [0.717, 1.165) is 153 Å². The number of hydrogen-bond donors (Lipinski definition) is 6. The lowest BCUT2D eigenvalue weighted by atomic mass is 9.88. The van der Waals surface area contributed by atoms with Crippen LogP contribution in [0.2, 0.25) is 0 Å². The van der Waals surface area contributed by atoms with Gasteiger partial charge in [0, 0.05) is 72.3 Å². The van der Waals surface area contributed by atoms with Crippen molar-refractivity contribution in [2.24, 2.45) is 11.5 Å². The van der Waals surface area contributed by atoms with Crippen molar-refractivity contribution in [1.29, 1.82) is 0 Å². The van der Waals surface area contributed by atoms with Crippen molar-refractivity contribution in [3.8, 4) is 0 Å². The van der Waals surface area contributed by atoms with Gasteiger partial charge in [-0.05, 0) is 313 Å². The molecule has 0 amide bonds. The first-order chi connectivity index (χ1) is 67.7. The molecule has 0 aliphatic rings. The van der Waals surface area contributed by atoms with E-state index in [0.29, 0.717) is 36.1 Å². The minimum Gasteiger partial charge on any atom is -0.330 e. The highest BCUT2D eigenvalue weighted by atomic mass is 32.1. The first-order valence-electron chi connectivity index (χ1n) is 47.5. The topological polar surface area (TPSA) is 100 Å². The van der Waals surface area contributed by atoms with Crippen LogP contribution in [-0.4, -0.2) is 39.3 Å². The average molecular weight is 1900 g/mol. The zero-order valence-electron chi connectivity index (χ0n) is 78.7. The van der Waals surface area contributed by atoms with Crippen molar-refractivity contribution >= 4 is 11.3 Å². The molecule has 0 spiro atoms. The molecule has 1 aromatic heterocycles. The molecule has 15 aromatic carbocycles. The third-order valence-electron chi connectivity index (χ3n) is 24.4. The molecule has 0 aliphatic heterocycles. The number of benzene rings is 15. The van der Waals surface area contributed by atoms with Crippen molar-refractivity contribution < 1.29 is 48.3 Å². The molecular formula is C121H123F11N6S. The van der Waals surface area contributed by atoms with Crippen LogP contribution in [0.25, 0.3) is 0 Å². The van der Waals surface area contributed by atoms with Crippen LogP contribution in [-0.2, 0) is 6.54 Å². The van der Waals surface area contributed by atoms with Gasteiger partial charge in [0.1, 0.15) is 64.0 Å². The number of nitrogens with two attached hydrogens (primary N) is 2. The van der Waals surface area contributed by atoms with Gasteiger partial charge in [0.05, 0.1) is 0 Å². The Balaban J connectivity index is 0.000000161. The highest BCUT2D eigenvalue weighted by Crippen LogP contribution is 2.37. The molecule has 4 atom stereocenters. The highest BCUT2D eigenvalue weighted by Gasteiger charge is 2.24. The summed E-state index contributed by atoms with van der Waals surface area (Å²) < 4.78 is 149. The lowest BCUT2D eigenvalue weighted by molar-refractivity contribution is 0.497. The van der Waals surface area contributed by atoms with Crippen molar-refractivity contribution in [3.05, 3.63) is 558 Å². The van der Waals surface area contributed by atoms with E-state index in [4.69, 9.17) is 11.5 Å². The predicted octanol–water partition coefficient (Wildman–Crippen LogP) is 30.4. The quantitative estimate of drug-likeness (QED) is 0.0170. The third-order valence-corrected chi connectivity index (χ3v) is 25.1. The van der Waals surface area contributed by atoms with Crippen LogP contribution in [0.4, 0.5) is 48.3 Å². The first kappa shape index (κ1) is 106. The van der Waals surface area contributed by atoms with Gasteiger partial charge in [-0.1, -0.05) is 281 Å². The summed E-state index contributed by atoms with van der Waals surface area (Å²) >= 11 is 1.66. The summed E-state index contributed by atoms with van der Waals surface area (Å²) in [6.45, 7) is 11.4. The molecule has 0 fully saturated rings. The fourth-order valence-electron chi connectivity index (χ4n) is 17.5. The molecule has 0 saturated carbocycles. The monoisotopic (exact) mass is 1900 g/mol. The fourth-order valence-corrected chi connectivity index (χ4v) is 18.2. The summed E-state index contributed by atoms with van der Waals surface area (Å²) in [6.07, 6.45) is 6.63. The maximum absolute atomic E-state index is 13.8. The van der Waals surface area contributed by atoms with Gasteiger partial charge >= 0.3 is 0 Å². The van der Waals surface area contributed by atoms with Crippen molar-refractivity contribution in [2.45, 2.75) is 132 Å². The van der Waals surface area contributed by atoms with Crippen molar-refractivity contribution in [1.82, 2.24) is 21.3 Å². The zero-order valence-corrected chi connectivity index (χ0v) is 79.5. The molecule has 0 aliphatic carbocycles. The summed E-state index contributed by atoms with van der Waals surface area (Å²) in [5, 5.41) is 18.4. The average Bonchev–Trinajstić information content (AvgIpc) is 1.01. The van der Waals surface area contributed by atoms with Gasteiger partial charge in [0.15, 0.2) is 0 Å². The van der Waals surface area contributed by atoms with Crippen LogP contribution in [0.1, 0.15) is 215 Å². The Morgan fingerprint density at radius 3 is 0.755 bits per heavy atom. The zero-order chi connectivity index (χ0) is 98.3. The van der Waals surface area contributed by atoms with Crippen LogP contribution in [0.5, 0.6) is 0 Å². The Labute approximate surface area is 817 Å². The van der Waals surface area contributed by atoms with Crippen LogP contribution in [0.15, 0.2) is 405 Å². The number of thiophene rings is 1.